The Bertz CT molecular complexity index is 823. The van der Waals surface area contributed by atoms with Gasteiger partial charge in [-0.2, -0.15) is 10.5 Å². The molecule has 0 heterocycles. The van der Waals surface area contributed by atoms with Crippen molar-refractivity contribution in [2.75, 3.05) is 0 Å². The predicted octanol–water partition coefficient (Wildman–Crippen LogP) is 3.99. The summed E-state index contributed by atoms with van der Waals surface area (Å²) >= 11 is 5.11. The minimum Gasteiger partial charge on any atom is -0.478 e. The van der Waals surface area contributed by atoms with Crippen LogP contribution in [0.4, 0.5) is 0 Å². The molecule has 0 unspecified atom stereocenters. The van der Waals surface area contributed by atoms with E-state index in [1.165, 1.54) is 12.2 Å². The Morgan fingerprint density at radius 1 is 0.808 bits per heavy atom. The summed E-state index contributed by atoms with van der Waals surface area (Å²) < 4.78 is 0. The Morgan fingerprint density at radius 2 is 1.19 bits per heavy atom. The molecule has 2 rings (SSSR count). The second-order valence-electron chi connectivity index (χ2n) is 4.78. The molecule has 0 radical (unpaired) electrons. The number of hydrogen-bond acceptors (Lipinski definition) is 4. The third-order valence-corrected chi connectivity index (χ3v) is 3.03. The van der Waals surface area contributed by atoms with Gasteiger partial charge in [-0.3, -0.25) is 4.79 Å². The number of nitrogens with zero attached hydrogens (tertiary/aromatic N) is 2. The van der Waals surface area contributed by atoms with Crippen molar-refractivity contribution in [3.05, 3.63) is 82.9 Å². The number of carboxylic acids is 1. The van der Waals surface area contributed by atoms with E-state index < -0.39 is 11.2 Å². The Morgan fingerprint density at radius 3 is 1.50 bits per heavy atom. The third kappa shape index (κ3) is 8.26. The molecule has 26 heavy (non-hydrogen) atoms. The molecule has 0 saturated carbocycles. The maximum Gasteiger partial charge on any atom is 0.328 e. The molecule has 0 bridgehead atoms. The fourth-order valence-corrected chi connectivity index (χ4v) is 1.73. The van der Waals surface area contributed by atoms with Crippen LogP contribution in [-0.2, 0) is 9.59 Å². The minimum absolute atomic E-state index is 0.510. The molecule has 0 aliphatic carbocycles. The molecule has 0 amide bonds. The summed E-state index contributed by atoms with van der Waals surface area (Å²) in [5.74, 6) is -0.982. The van der Waals surface area contributed by atoms with Crippen LogP contribution in [0.1, 0.15) is 22.3 Å². The SMILES string of the molecule is N#Cc1ccc(C=CC(=O)Cl)cc1.N#Cc1ccc(C=CC(=O)O)cc1. The number of carboxylic acid groups (broad SMARTS) is 1. The van der Waals surface area contributed by atoms with Gasteiger partial charge in [0.2, 0.25) is 5.24 Å². The number of benzene rings is 2. The van der Waals surface area contributed by atoms with Crippen molar-refractivity contribution in [2.24, 2.45) is 0 Å². The van der Waals surface area contributed by atoms with E-state index in [4.69, 9.17) is 27.2 Å². The maximum absolute atomic E-state index is 10.4. The van der Waals surface area contributed by atoms with Gasteiger partial charge in [0, 0.05) is 6.08 Å². The van der Waals surface area contributed by atoms with Crippen LogP contribution >= 0.6 is 11.6 Å². The highest BCUT2D eigenvalue weighted by Gasteiger charge is 1.91. The number of carbonyl (C=O) groups excluding carboxylic acids is 1. The van der Waals surface area contributed by atoms with Gasteiger partial charge >= 0.3 is 5.97 Å². The third-order valence-electron chi connectivity index (χ3n) is 2.90. The standard InChI is InChI=1S/C10H6ClNO.C10H7NO2/c11-10(13)6-5-8-1-3-9(7-12)4-2-8;11-7-9-3-1-8(2-4-9)5-6-10(12)13/h1-6H;1-6H,(H,12,13). The number of rotatable bonds is 4. The van der Waals surface area contributed by atoms with Crippen LogP contribution in [0.3, 0.4) is 0 Å². The van der Waals surface area contributed by atoms with Gasteiger partial charge in [0.1, 0.15) is 0 Å². The summed E-state index contributed by atoms with van der Waals surface area (Å²) in [5, 5.41) is 24.8. The minimum atomic E-state index is -0.982. The second-order valence-corrected chi connectivity index (χ2v) is 5.15. The van der Waals surface area contributed by atoms with Crippen LogP contribution in [0, 0.1) is 22.7 Å². The average Bonchev–Trinajstić information content (AvgIpc) is 2.66. The first kappa shape index (κ1) is 20.4. The first-order valence-corrected chi connectivity index (χ1v) is 7.61. The van der Waals surface area contributed by atoms with Gasteiger partial charge in [-0.15, -0.1) is 0 Å². The molecular formula is C20H13ClN2O3. The number of allylic oxidation sites excluding steroid dienone is 1. The van der Waals surface area contributed by atoms with E-state index in [2.05, 4.69) is 0 Å². The Hall–Kier alpha value is -3.67. The van der Waals surface area contributed by atoms with E-state index in [9.17, 15) is 9.59 Å². The van der Waals surface area contributed by atoms with Gasteiger partial charge in [-0.05, 0) is 59.1 Å². The van der Waals surface area contributed by atoms with Gasteiger partial charge in [-0.1, -0.05) is 30.3 Å². The predicted molar refractivity (Wildman–Crippen MR) is 98.9 cm³/mol. The fourth-order valence-electron chi connectivity index (χ4n) is 1.67. The number of halogens is 1. The van der Waals surface area contributed by atoms with Gasteiger partial charge < -0.3 is 5.11 Å². The largest absolute Gasteiger partial charge is 0.478 e. The van der Waals surface area contributed by atoms with Crippen molar-refractivity contribution < 1.29 is 14.7 Å². The first-order chi connectivity index (χ1) is 12.4. The van der Waals surface area contributed by atoms with E-state index in [0.29, 0.717) is 11.1 Å². The highest BCUT2D eigenvalue weighted by molar-refractivity contribution is 6.66. The summed E-state index contributed by atoms with van der Waals surface area (Å²) in [5.41, 5.74) is 2.76. The summed E-state index contributed by atoms with van der Waals surface area (Å²) in [7, 11) is 0. The van der Waals surface area contributed by atoms with Crippen LogP contribution < -0.4 is 0 Å². The number of hydrogen-bond donors (Lipinski definition) is 1. The molecule has 1 N–H and O–H groups in total. The van der Waals surface area contributed by atoms with E-state index in [-0.39, 0.29) is 0 Å². The highest BCUT2D eigenvalue weighted by atomic mass is 35.5. The molecule has 0 aliphatic rings. The first-order valence-electron chi connectivity index (χ1n) is 7.23. The van der Waals surface area contributed by atoms with Crippen LogP contribution in [0.25, 0.3) is 12.2 Å². The lowest BCUT2D eigenvalue weighted by molar-refractivity contribution is -0.131. The fraction of sp³-hybridized carbons (Fsp3) is 0. The normalized spacial score (nSPS) is 9.81. The summed E-state index contributed by atoms with van der Waals surface area (Å²) in [4.78, 5) is 20.5. The van der Waals surface area contributed by atoms with Crippen LogP contribution in [-0.4, -0.2) is 16.3 Å². The summed E-state index contributed by atoms with van der Waals surface area (Å²) in [6.45, 7) is 0. The quantitative estimate of drug-likeness (QED) is 0.652. The van der Waals surface area contributed by atoms with E-state index in [0.717, 1.165) is 17.2 Å². The molecule has 0 atom stereocenters. The van der Waals surface area contributed by atoms with Crippen LogP contribution in [0.2, 0.25) is 0 Å². The topological polar surface area (TPSA) is 102 Å². The van der Waals surface area contributed by atoms with E-state index in [1.807, 2.05) is 12.1 Å². The monoisotopic (exact) mass is 364 g/mol. The number of aliphatic carboxylic acids is 1. The molecule has 0 aromatic heterocycles. The summed E-state index contributed by atoms with van der Waals surface area (Å²) in [6, 6.07) is 17.5. The average molecular weight is 365 g/mol. The molecular weight excluding hydrogens is 352 g/mol. The molecule has 0 spiro atoms. The molecule has 0 aliphatic heterocycles. The van der Waals surface area contributed by atoms with Crippen molar-refractivity contribution in [1.82, 2.24) is 0 Å². The molecule has 5 nitrogen and oxygen atoms in total. The van der Waals surface area contributed by atoms with Gasteiger partial charge in [-0.25, -0.2) is 4.79 Å². The second kappa shape index (κ2) is 11.0. The van der Waals surface area contributed by atoms with Gasteiger partial charge in [0.05, 0.1) is 23.3 Å². The number of nitriles is 2. The lowest BCUT2D eigenvalue weighted by Crippen LogP contribution is -1.85. The lowest BCUT2D eigenvalue weighted by Gasteiger charge is -1.91. The lowest BCUT2D eigenvalue weighted by atomic mass is 10.1. The zero-order chi connectivity index (χ0) is 19.4. The number of carbonyl (C=O) groups is 2. The van der Waals surface area contributed by atoms with Crippen molar-refractivity contribution in [3.8, 4) is 12.1 Å². The van der Waals surface area contributed by atoms with Crippen molar-refractivity contribution >= 4 is 35.0 Å². The van der Waals surface area contributed by atoms with Crippen LogP contribution in [0.5, 0.6) is 0 Å². The zero-order valence-electron chi connectivity index (χ0n) is 13.5. The Labute approximate surface area is 155 Å². The van der Waals surface area contributed by atoms with E-state index >= 15 is 0 Å². The Kier molecular flexibility index (Phi) is 8.61. The van der Waals surface area contributed by atoms with E-state index in [1.54, 1.807) is 54.6 Å². The van der Waals surface area contributed by atoms with Crippen molar-refractivity contribution in [1.29, 1.82) is 10.5 Å². The molecule has 128 valence electrons. The molecule has 2 aromatic rings. The molecule has 0 fully saturated rings. The highest BCUT2D eigenvalue weighted by Crippen LogP contribution is 2.06. The molecule has 6 heteroatoms. The summed E-state index contributed by atoms with van der Waals surface area (Å²) in [6.07, 6.45) is 5.39. The van der Waals surface area contributed by atoms with Crippen molar-refractivity contribution in [2.45, 2.75) is 0 Å². The smallest absolute Gasteiger partial charge is 0.328 e. The maximum atomic E-state index is 10.4. The van der Waals surface area contributed by atoms with Crippen molar-refractivity contribution in [3.63, 3.8) is 0 Å². The van der Waals surface area contributed by atoms with Crippen LogP contribution in [0.15, 0.2) is 60.7 Å². The van der Waals surface area contributed by atoms with Gasteiger partial charge in [0.25, 0.3) is 0 Å². The van der Waals surface area contributed by atoms with Gasteiger partial charge in [0.15, 0.2) is 0 Å². The molecule has 2 aromatic carbocycles. The molecule has 0 saturated heterocycles. The zero-order valence-corrected chi connectivity index (χ0v) is 14.2. The Balaban J connectivity index is 0.000000260.